The summed E-state index contributed by atoms with van der Waals surface area (Å²) in [5.41, 5.74) is 2.03. The topological polar surface area (TPSA) is 107 Å². The first-order valence-corrected chi connectivity index (χ1v) is 12.9. The number of ether oxygens (including phenoxy) is 4. The predicted molar refractivity (Wildman–Crippen MR) is 143 cm³/mol. The van der Waals surface area contributed by atoms with Crippen LogP contribution in [0.15, 0.2) is 42.5 Å². The van der Waals surface area contributed by atoms with Gasteiger partial charge in [0.1, 0.15) is 17.1 Å². The van der Waals surface area contributed by atoms with Crippen LogP contribution in [0.3, 0.4) is 0 Å². The molecular weight excluding hydrogens is 488 g/mol. The lowest BCUT2D eigenvalue weighted by Crippen LogP contribution is -2.49. The molecule has 2 aromatic rings. The Bertz CT molecular complexity index is 1080. The first-order chi connectivity index (χ1) is 18.1. The van der Waals surface area contributed by atoms with E-state index < -0.39 is 17.6 Å². The monoisotopic (exact) mass is 528 g/mol. The zero-order valence-corrected chi connectivity index (χ0v) is 23.0. The minimum Gasteiger partial charge on any atom is -0.508 e. The van der Waals surface area contributed by atoms with Crippen molar-refractivity contribution in [2.45, 2.75) is 51.9 Å². The van der Waals surface area contributed by atoms with Crippen molar-refractivity contribution < 1.29 is 33.6 Å². The average molecular weight is 529 g/mol. The van der Waals surface area contributed by atoms with Crippen LogP contribution in [-0.2, 0) is 32.2 Å². The fraction of sp³-hybridized carbons (Fsp3) is 0.517. The standard InChI is InChI=1S/C29H40N2O7/c1-29(2,3)38-28(34)31-10-9-25(22-7-6-8-23(32)16-22)26(18-31)27(33)30-17-20-13-21(15-24(14-20)36-5)19-37-12-11-35-4/h6-8,13-16,25-26,32H,9-12,17-19H2,1-5H3,(H,30,33)/t25-,26+/m1/s1. The maximum absolute atomic E-state index is 13.6. The first-order valence-electron chi connectivity index (χ1n) is 12.9. The van der Waals surface area contributed by atoms with E-state index in [0.29, 0.717) is 38.5 Å². The highest BCUT2D eigenvalue weighted by molar-refractivity contribution is 5.81. The van der Waals surface area contributed by atoms with Gasteiger partial charge in [0.15, 0.2) is 0 Å². The number of phenols is 1. The van der Waals surface area contributed by atoms with Crippen molar-refractivity contribution in [3.63, 3.8) is 0 Å². The van der Waals surface area contributed by atoms with Crippen molar-refractivity contribution in [3.05, 3.63) is 59.2 Å². The van der Waals surface area contributed by atoms with Gasteiger partial charge in [-0.3, -0.25) is 4.79 Å². The largest absolute Gasteiger partial charge is 0.508 e. The van der Waals surface area contributed by atoms with E-state index in [1.54, 1.807) is 37.3 Å². The quantitative estimate of drug-likeness (QED) is 0.445. The Kier molecular flexibility index (Phi) is 10.4. The fourth-order valence-corrected chi connectivity index (χ4v) is 4.55. The van der Waals surface area contributed by atoms with E-state index in [1.165, 1.54) is 0 Å². The van der Waals surface area contributed by atoms with Gasteiger partial charge in [0.2, 0.25) is 5.91 Å². The van der Waals surface area contributed by atoms with Gasteiger partial charge in [0.25, 0.3) is 0 Å². The lowest BCUT2D eigenvalue weighted by atomic mass is 9.80. The van der Waals surface area contributed by atoms with Crippen LogP contribution in [-0.4, -0.2) is 68.1 Å². The van der Waals surface area contributed by atoms with Crippen LogP contribution in [0.5, 0.6) is 11.5 Å². The first kappa shape index (κ1) is 29.3. The van der Waals surface area contributed by atoms with Gasteiger partial charge in [0.05, 0.1) is 32.8 Å². The SMILES string of the molecule is COCCOCc1cc(CNC(=O)[C@H]2CN(C(=O)OC(C)(C)C)CC[C@@H]2c2cccc(O)c2)cc(OC)c1. The molecule has 0 radical (unpaired) electrons. The highest BCUT2D eigenvalue weighted by Gasteiger charge is 2.38. The highest BCUT2D eigenvalue weighted by atomic mass is 16.6. The number of aromatic hydroxyl groups is 1. The van der Waals surface area contributed by atoms with Crippen molar-refractivity contribution in [1.29, 1.82) is 0 Å². The molecule has 0 saturated carbocycles. The number of methoxy groups -OCH3 is 2. The second-order valence-electron chi connectivity index (χ2n) is 10.5. The molecule has 9 nitrogen and oxygen atoms in total. The number of phenolic OH excluding ortho intramolecular Hbond substituents is 1. The van der Waals surface area contributed by atoms with Crippen LogP contribution in [0, 0.1) is 5.92 Å². The minimum absolute atomic E-state index is 0.146. The summed E-state index contributed by atoms with van der Waals surface area (Å²) in [6.07, 6.45) is 0.138. The van der Waals surface area contributed by atoms with Crippen molar-refractivity contribution in [1.82, 2.24) is 10.2 Å². The maximum Gasteiger partial charge on any atom is 0.410 e. The second kappa shape index (κ2) is 13.5. The number of rotatable bonds is 10. The van der Waals surface area contributed by atoms with Crippen molar-refractivity contribution in [2.24, 2.45) is 5.92 Å². The van der Waals surface area contributed by atoms with E-state index in [-0.39, 0.29) is 30.7 Å². The van der Waals surface area contributed by atoms with Gasteiger partial charge in [-0.2, -0.15) is 0 Å². The van der Waals surface area contributed by atoms with Crippen LogP contribution < -0.4 is 10.1 Å². The van der Waals surface area contributed by atoms with Gasteiger partial charge in [-0.05, 0) is 74.1 Å². The van der Waals surface area contributed by atoms with E-state index in [2.05, 4.69) is 5.32 Å². The molecule has 0 spiro atoms. The number of amides is 2. The predicted octanol–water partition coefficient (Wildman–Crippen LogP) is 4.22. The van der Waals surface area contributed by atoms with E-state index in [0.717, 1.165) is 16.7 Å². The Hall–Kier alpha value is -3.30. The summed E-state index contributed by atoms with van der Waals surface area (Å²) in [4.78, 5) is 27.9. The molecule has 2 aromatic carbocycles. The summed E-state index contributed by atoms with van der Waals surface area (Å²) >= 11 is 0. The maximum atomic E-state index is 13.6. The summed E-state index contributed by atoms with van der Waals surface area (Å²) in [6, 6.07) is 12.7. The molecule has 0 aliphatic carbocycles. The number of carbonyl (C=O) groups is 2. The Morgan fingerprint density at radius 1 is 1.08 bits per heavy atom. The number of carbonyl (C=O) groups excluding carboxylic acids is 2. The van der Waals surface area contributed by atoms with Crippen molar-refractivity contribution in [3.8, 4) is 11.5 Å². The third-order valence-corrected chi connectivity index (χ3v) is 6.33. The van der Waals surface area contributed by atoms with Crippen molar-refractivity contribution >= 4 is 12.0 Å². The molecule has 38 heavy (non-hydrogen) atoms. The van der Waals surface area contributed by atoms with Crippen LogP contribution in [0.4, 0.5) is 4.79 Å². The molecular formula is C29H40N2O7. The normalized spacial score (nSPS) is 17.7. The molecule has 1 saturated heterocycles. The minimum atomic E-state index is -0.631. The van der Waals surface area contributed by atoms with Gasteiger partial charge in [0, 0.05) is 26.7 Å². The Morgan fingerprint density at radius 2 is 1.84 bits per heavy atom. The summed E-state index contributed by atoms with van der Waals surface area (Å²) in [6.45, 7) is 7.81. The molecule has 1 heterocycles. The Morgan fingerprint density at radius 3 is 2.53 bits per heavy atom. The number of nitrogens with one attached hydrogen (secondary N) is 1. The summed E-state index contributed by atoms with van der Waals surface area (Å²) in [5, 5.41) is 13.1. The molecule has 0 aromatic heterocycles. The summed E-state index contributed by atoms with van der Waals surface area (Å²) in [5.74, 6) is -0.0231. The number of hydrogen-bond acceptors (Lipinski definition) is 7. The van der Waals surface area contributed by atoms with Crippen LogP contribution in [0.25, 0.3) is 0 Å². The lowest BCUT2D eigenvalue weighted by molar-refractivity contribution is -0.127. The zero-order valence-electron chi connectivity index (χ0n) is 23.0. The van der Waals surface area contributed by atoms with E-state index in [1.807, 2.05) is 45.0 Å². The fourth-order valence-electron chi connectivity index (χ4n) is 4.55. The third-order valence-electron chi connectivity index (χ3n) is 6.33. The Labute approximate surface area is 225 Å². The van der Waals surface area contributed by atoms with E-state index >= 15 is 0 Å². The molecule has 1 aliphatic rings. The second-order valence-corrected chi connectivity index (χ2v) is 10.5. The van der Waals surface area contributed by atoms with Gasteiger partial charge >= 0.3 is 6.09 Å². The number of likely N-dealkylation sites (tertiary alicyclic amines) is 1. The van der Waals surface area contributed by atoms with Gasteiger partial charge in [-0.15, -0.1) is 0 Å². The molecule has 2 N–H and O–H groups in total. The lowest BCUT2D eigenvalue weighted by Gasteiger charge is -2.38. The number of nitrogens with zero attached hydrogens (tertiary/aromatic N) is 1. The smallest absolute Gasteiger partial charge is 0.410 e. The van der Waals surface area contributed by atoms with E-state index in [4.69, 9.17) is 18.9 Å². The van der Waals surface area contributed by atoms with Crippen molar-refractivity contribution in [2.75, 3.05) is 40.5 Å². The van der Waals surface area contributed by atoms with Gasteiger partial charge < -0.3 is 34.3 Å². The molecule has 1 fully saturated rings. The summed E-state index contributed by atoms with van der Waals surface area (Å²) in [7, 11) is 3.22. The molecule has 9 heteroatoms. The number of benzene rings is 2. The van der Waals surface area contributed by atoms with Gasteiger partial charge in [-0.25, -0.2) is 4.79 Å². The zero-order chi connectivity index (χ0) is 27.7. The van der Waals surface area contributed by atoms with Gasteiger partial charge in [-0.1, -0.05) is 18.2 Å². The third kappa shape index (κ3) is 8.63. The van der Waals surface area contributed by atoms with Crippen LogP contribution in [0.1, 0.15) is 49.8 Å². The highest BCUT2D eigenvalue weighted by Crippen LogP contribution is 2.35. The molecule has 208 valence electrons. The van der Waals surface area contributed by atoms with Crippen LogP contribution in [0.2, 0.25) is 0 Å². The average Bonchev–Trinajstić information content (AvgIpc) is 2.88. The Balaban J connectivity index is 1.75. The molecule has 0 bridgehead atoms. The molecule has 0 unspecified atom stereocenters. The summed E-state index contributed by atoms with van der Waals surface area (Å²) < 4.78 is 21.7. The van der Waals surface area contributed by atoms with Crippen LogP contribution >= 0.6 is 0 Å². The molecule has 3 rings (SSSR count). The molecule has 1 aliphatic heterocycles. The van der Waals surface area contributed by atoms with E-state index in [9.17, 15) is 14.7 Å². The number of piperidine rings is 1. The number of hydrogen-bond donors (Lipinski definition) is 2. The molecule has 2 amide bonds. The molecule has 2 atom stereocenters.